The predicted octanol–water partition coefficient (Wildman–Crippen LogP) is 3.06. The summed E-state index contributed by atoms with van der Waals surface area (Å²) in [7, 11) is 0. The van der Waals surface area contributed by atoms with Crippen LogP contribution in [0.15, 0.2) is 35.1 Å². The molecular weight excluding hydrogens is 206 g/mol. The van der Waals surface area contributed by atoms with Crippen LogP contribution in [0, 0.1) is 0 Å². The molecular formula is C12H13NOS. The maximum Gasteiger partial charge on any atom is 0.305 e. The highest BCUT2D eigenvalue weighted by Crippen LogP contribution is 2.25. The zero-order valence-electron chi connectivity index (χ0n) is 8.62. The van der Waals surface area contributed by atoms with Gasteiger partial charge in [-0.25, -0.2) is 0 Å². The second-order valence-corrected chi connectivity index (χ2v) is 4.42. The molecule has 0 unspecified atom stereocenters. The van der Waals surface area contributed by atoms with E-state index in [1.165, 1.54) is 11.3 Å². The van der Waals surface area contributed by atoms with Gasteiger partial charge in [0.1, 0.15) is 0 Å². The van der Waals surface area contributed by atoms with E-state index in [1.807, 2.05) is 30.3 Å². The summed E-state index contributed by atoms with van der Waals surface area (Å²) in [5, 5.41) is 0. The van der Waals surface area contributed by atoms with Crippen LogP contribution in [0.2, 0.25) is 0 Å². The van der Waals surface area contributed by atoms with Crippen LogP contribution in [0.5, 0.6) is 0 Å². The van der Waals surface area contributed by atoms with Crippen LogP contribution in [0.3, 0.4) is 0 Å². The molecule has 0 bridgehead atoms. The normalized spacial score (nSPS) is 10.5. The van der Waals surface area contributed by atoms with Gasteiger partial charge in [0, 0.05) is 5.69 Å². The lowest BCUT2D eigenvalue weighted by Gasteiger charge is -2.00. The Bertz CT molecular complexity index is 484. The Morgan fingerprint density at radius 3 is 2.67 bits per heavy atom. The molecule has 0 atom stereocenters. The smallest absolute Gasteiger partial charge is 0.305 e. The van der Waals surface area contributed by atoms with E-state index in [2.05, 4.69) is 11.9 Å². The minimum atomic E-state index is 0.0392. The van der Waals surface area contributed by atoms with Crippen molar-refractivity contribution in [1.82, 2.24) is 4.98 Å². The fraction of sp³-hybridized carbons (Fsp3) is 0.250. The number of rotatable bonds is 3. The molecule has 0 aliphatic rings. The van der Waals surface area contributed by atoms with Gasteiger partial charge in [0.15, 0.2) is 0 Å². The van der Waals surface area contributed by atoms with Crippen molar-refractivity contribution < 1.29 is 0 Å². The van der Waals surface area contributed by atoms with Gasteiger partial charge in [-0.2, -0.15) is 0 Å². The zero-order chi connectivity index (χ0) is 10.7. The summed E-state index contributed by atoms with van der Waals surface area (Å²) in [5.41, 5.74) is 2.20. The number of H-pyrrole nitrogens is 1. The highest BCUT2D eigenvalue weighted by molar-refractivity contribution is 7.13. The van der Waals surface area contributed by atoms with Gasteiger partial charge in [-0.3, -0.25) is 4.79 Å². The molecule has 0 spiro atoms. The van der Waals surface area contributed by atoms with E-state index >= 15 is 0 Å². The van der Waals surface area contributed by atoms with Crippen LogP contribution in [0.1, 0.15) is 19.0 Å². The van der Waals surface area contributed by atoms with Gasteiger partial charge in [-0.05, 0) is 12.0 Å². The summed E-state index contributed by atoms with van der Waals surface area (Å²) in [6.45, 7) is 2.12. The van der Waals surface area contributed by atoms with Gasteiger partial charge >= 0.3 is 4.87 Å². The van der Waals surface area contributed by atoms with Crippen LogP contribution in [-0.2, 0) is 6.42 Å². The fourth-order valence-electron chi connectivity index (χ4n) is 1.61. The highest BCUT2D eigenvalue weighted by atomic mass is 32.1. The second kappa shape index (κ2) is 4.45. The maximum absolute atomic E-state index is 11.3. The largest absolute Gasteiger partial charge is 0.316 e. The monoisotopic (exact) mass is 219 g/mol. The Balaban J connectivity index is 2.48. The lowest BCUT2D eigenvalue weighted by Crippen LogP contribution is -1.94. The molecule has 1 N–H and O–H groups in total. The van der Waals surface area contributed by atoms with E-state index in [1.54, 1.807) is 0 Å². The average Bonchev–Trinajstić information content (AvgIpc) is 2.62. The summed E-state index contributed by atoms with van der Waals surface area (Å²) in [6, 6.07) is 10.1. The molecule has 78 valence electrons. The van der Waals surface area contributed by atoms with Crippen LogP contribution in [0.25, 0.3) is 10.4 Å². The topological polar surface area (TPSA) is 32.9 Å². The number of aryl methyl sites for hydroxylation is 1. The van der Waals surface area contributed by atoms with Gasteiger partial charge < -0.3 is 4.98 Å². The lowest BCUT2D eigenvalue weighted by atomic mass is 10.1. The number of aromatic amines is 1. The summed E-state index contributed by atoms with van der Waals surface area (Å²) in [5.74, 6) is 0. The zero-order valence-corrected chi connectivity index (χ0v) is 9.43. The molecule has 1 heterocycles. The van der Waals surface area contributed by atoms with E-state index in [-0.39, 0.29) is 4.87 Å². The molecule has 0 radical (unpaired) electrons. The number of hydrogen-bond donors (Lipinski definition) is 1. The molecule has 2 rings (SSSR count). The molecule has 1 aromatic heterocycles. The average molecular weight is 219 g/mol. The first-order valence-corrected chi connectivity index (χ1v) is 5.90. The lowest BCUT2D eigenvalue weighted by molar-refractivity contribution is 0.890. The maximum atomic E-state index is 11.3. The van der Waals surface area contributed by atoms with Crippen molar-refractivity contribution in [2.45, 2.75) is 19.8 Å². The van der Waals surface area contributed by atoms with Crippen molar-refractivity contribution in [1.29, 1.82) is 0 Å². The van der Waals surface area contributed by atoms with E-state index in [0.29, 0.717) is 0 Å². The van der Waals surface area contributed by atoms with Crippen LogP contribution >= 0.6 is 11.3 Å². The Kier molecular flexibility index (Phi) is 3.02. The molecule has 0 aliphatic carbocycles. The Morgan fingerprint density at radius 1 is 1.27 bits per heavy atom. The highest BCUT2D eigenvalue weighted by Gasteiger charge is 2.08. The quantitative estimate of drug-likeness (QED) is 0.845. The van der Waals surface area contributed by atoms with Gasteiger partial charge in [0.05, 0.1) is 4.88 Å². The van der Waals surface area contributed by atoms with Gasteiger partial charge in [-0.15, -0.1) is 0 Å². The van der Waals surface area contributed by atoms with E-state index in [0.717, 1.165) is 29.0 Å². The first kappa shape index (κ1) is 10.2. The minimum absolute atomic E-state index is 0.0392. The SMILES string of the molecule is CCCc1[nH]c(=O)sc1-c1ccccc1. The van der Waals surface area contributed by atoms with Crippen LogP contribution in [0.4, 0.5) is 0 Å². The molecule has 0 amide bonds. The van der Waals surface area contributed by atoms with Gasteiger partial charge in [0.2, 0.25) is 0 Å². The summed E-state index contributed by atoms with van der Waals surface area (Å²) >= 11 is 1.30. The third-order valence-corrected chi connectivity index (χ3v) is 3.23. The first-order chi connectivity index (χ1) is 7.31. The van der Waals surface area contributed by atoms with E-state index in [9.17, 15) is 4.79 Å². The predicted molar refractivity (Wildman–Crippen MR) is 64.4 cm³/mol. The fourth-order valence-corrected chi connectivity index (χ4v) is 2.50. The molecule has 0 fully saturated rings. The van der Waals surface area contributed by atoms with Crippen LogP contribution < -0.4 is 4.87 Å². The van der Waals surface area contributed by atoms with Crippen LogP contribution in [-0.4, -0.2) is 4.98 Å². The van der Waals surface area contributed by atoms with Gasteiger partial charge in [0.25, 0.3) is 0 Å². The molecule has 3 heteroatoms. The van der Waals surface area contributed by atoms with E-state index < -0.39 is 0 Å². The Labute approximate surface area is 92.6 Å². The number of hydrogen-bond acceptors (Lipinski definition) is 2. The Hall–Kier alpha value is -1.35. The van der Waals surface area contributed by atoms with Crippen molar-refractivity contribution in [2.24, 2.45) is 0 Å². The van der Waals surface area contributed by atoms with Crippen molar-refractivity contribution in [2.75, 3.05) is 0 Å². The molecule has 0 saturated carbocycles. The summed E-state index contributed by atoms with van der Waals surface area (Å²) in [4.78, 5) is 15.4. The first-order valence-electron chi connectivity index (χ1n) is 5.08. The molecule has 15 heavy (non-hydrogen) atoms. The van der Waals surface area contributed by atoms with Crippen molar-refractivity contribution in [3.8, 4) is 10.4 Å². The van der Waals surface area contributed by atoms with E-state index in [4.69, 9.17) is 0 Å². The molecule has 0 aliphatic heterocycles. The Morgan fingerprint density at radius 2 is 2.00 bits per heavy atom. The van der Waals surface area contributed by atoms with Crippen molar-refractivity contribution >= 4 is 11.3 Å². The van der Waals surface area contributed by atoms with Crippen molar-refractivity contribution in [3.05, 3.63) is 45.7 Å². The molecule has 2 nitrogen and oxygen atoms in total. The third kappa shape index (κ3) is 2.18. The molecule has 2 aromatic rings. The van der Waals surface area contributed by atoms with Crippen molar-refractivity contribution in [3.63, 3.8) is 0 Å². The number of nitrogens with one attached hydrogen (secondary N) is 1. The van der Waals surface area contributed by atoms with Gasteiger partial charge in [-0.1, -0.05) is 55.0 Å². The summed E-state index contributed by atoms with van der Waals surface area (Å²) in [6.07, 6.45) is 1.98. The standard InChI is InChI=1S/C12H13NOS/c1-2-6-10-11(15-12(14)13-10)9-7-4-3-5-8-9/h3-5,7-8H,2,6H2,1H3,(H,13,14). The minimum Gasteiger partial charge on any atom is -0.316 e. The number of benzene rings is 1. The third-order valence-electron chi connectivity index (χ3n) is 2.26. The molecule has 1 aromatic carbocycles. The number of thiazole rings is 1. The number of aromatic nitrogens is 1. The summed E-state index contributed by atoms with van der Waals surface area (Å²) < 4.78 is 0. The molecule has 0 saturated heterocycles. The second-order valence-electron chi connectivity index (χ2n) is 3.44.